The van der Waals surface area contributed by atoms with Crippen LogP contribution in [0.3, 0.4) is 0 Å². The van der Waals surface area contributed by atoms with Crippen LogP contribution in [0.5, 0.6) is 0 Å². The van der Waals surface area contributed by atoms with Gasteiger partial charge in [-0.3, -0.25) is 14.9 Å². The van der Waals surface area contributed by atoms with Gasteiger partial charge in [-0.25, -0.2) is 0 Å². The smallest absolute Gasteiger partial charge is 0.270 e. The molecule has 22 heavy (non-hydrogen) atoms. The number of non-ortho nitro benzene ring substituents is 1. The van der Waals surface area contributed by atoms with E-state index in [0.29, 0.717) is 23.3 Å². The Kier molecular flexibility index (Phi) is 3.47. The Hall–Kier alpha value is -2.95. The molecule has 5 nitrogen and oxygen atoms in total. The Morgan fingerprint density at radius 1 is 1.09 bits per heavy atom. The number of nitro groups is 1. The third-order valence-electron chi connectivity index (χ3n) is 3.86. The molecule has 0 saturated heterocycles. The summed E-state index contributed by atoms with van der Waals surface area (Å²) < 4.78 is 0. The van der Waals surface area contributed by atoms with Crippen molar-refractivity contribution in [2.75, 3.05) is 0 Å². The number of benzene rings is 2. The third-order valence-corrected chi connectivity index (χ3v) is 3.86. The Labute approximate surface area is 127 Å². The second-order valence-electron chi connectivity index (χ2n) is 5.24. The van der Waals surface area contributed by atoms with E-state index in [0.717, 1.165) is 5.56 Å². The number of carbonyl (C=O) groups excluding carboxylic acids is 1. The number of Topliss-reactive ketones (excluding diaryl/α,β-unsaturated/α-hetero) is 1. The zero-order chi connectivity index (χ0) is 15.7. The number of ketones is 1. The zero-order valence-corrected chi connectivity index (χ0v) is 11.7. The fourth-order valence-electron chi connectivity index (χ4n) is 2.80. The predicted molar refractivity (Wildman–Crippen MR) is 83.0 cm³/mol. The van der Waals surface area contributed by atoms with Crippen LogP contribution in [0.1, 0.15) is 23.5 Å². The molecule has 2 N–H and O–H groups in total. The molecule has 0 saturated carbocycles. The summed E-state index contributed by atoms with van der Waals surface area (Å²) in [6.45, 7) is 0. The van der Waals surface area contributed by atoms with Gasteiger partial charge in [0.05, 0.1) is 10.8 Å². The van der Waals surface area contributed by atoms with E-state index in [1.165, 1.54) is 12.1 Å². The van der Waals surface area contributed by atoms with Gasteiger partial charge in [0.25, 0.3) is 5.69 Å². The van der Waals surface area contributed by atoms with Crippen LogP contribution in [-0.4, -0.2) is 10.7 Å². The van der Waals surface area contributed by atoms with Crippen LogP contribution < -0.4 is 5.73 Å². The molecule has 0 heterocycles. The molecule has 2 aromatic carbocycles. The molecule has 5 heteroatoms. The monoisotopic (exact) mass is 294 g/mol. The van der Waals surface area contributed by atoms with Crippen LogP contribution in [0, 0.1) is 10.1 Å². The van der Waals surface area contributed by atoms with Crippen LogP contribution in [0.4, 0.5) is 5.69 Å². The number of nitrogens with zero attached hydrogens (tertiary/aromatic N) is 1. The number of rotatable bonds is 3. The molecule has 0 aromatic heterocycles. The Morgan fingerprint density at radius 3 is 2.50 bits per heavy atom. The highest BCUT2D eigenvalue weighted by molar-refractivity contribution is 6.26. The lowest BCUT2D eigenvalue weighted by Gasteiger charge is -2.09. The van der Waals surface area contributed by atoms with Gasteiger partial charge in [0.2, 0.25) is 0 Å². The molecule has 1 unspecified atom stereocenters. The second kappa shape index (κ2) is 5.44. The predicted octanol–water partition coefficient (Wildman–Crippen LogP) is 3.02. The molecule has 1 aliphatic carbocycles. The first-order valence-electron chi connectivity index (χ1n) is 6.90. The highest BCUT2D eigenvalue weighted by atomic mass is 16.6. The van der Waals surface area contributed by atoms with E-state index < -0.39 is 4.92 Å². The van der Waals surface area contributed by atoms with Gasteiger partial charge < -0.3 is 5.73 Å². The number of hydrogen-bond donors (Lipinski definition) is 1. The van der Waals surface area contributed by atoms with Gasteiger partial charge in [0, 0.05) is 29.8 Å². The van der Waals surface area contributed by atoms with Crippen LogP contribution in [-0.2, 0) is 4.79 Å². The van der Waals surface area contributed by atoms with E-state index >= 15 is 0 Å². The normalized spacial score (nSPS) is 17.8. The van der Waals surface area contributed by atoms with Gasteiger partial charge in [-0.1, -0.05) is 42.5 Å². The van der Waals surface area contributed by atoms with Gasteiger partial charge in [-0.2, -0.15) is 0 Å². The van der Waals surface area contributed by atoms with Crippen LogP contribution in [0.25, 0.3) is 5.57 Å². The Balaban J connectivity index is 1.98. The van der Waals surface area contributed by atoms with E-state index in [2.05, 4.69) is 0 Å². The van der Waals surface area contributed by atoms with Crippen molar-refractivity contribution in [1.29, 1.82) is 0 Å². The highest BCUT2D eigenvalue weighted by Crippen LogP contribution is 2.38. The van der Waals surface area contributed by atoms with Crippen molar-refractivity contribution in [3.05, 3.63) is 81.5 Å². The summed E-state index contributed by atoms with van der Waals surface area (Å²) in [6, 6.07) is 15.5. The Bertz CT molecular complexity index is 782. The fraction of sp³-hybridized carbons (Fsp3) is 0.118. The molecule has 1 aliphatic rings. The van der Waals surface area contributed by atoms with Gasteiger partial charge in [0.15, 0.2) is 5.78 Å². The first kappa shape index (κ1) is 14.0. The minimum absolute atomic E-state index is 0.0474. The first-order chi connectivity index (χ1) is 10.6. The van der Waals surface area contributed by atoms with Crippen molar-refractivity contribution in [2.45, 2.75) is 12.3 Å². The van der Waals surface area contributed by atoms with Crippen molar-refractivity contribution in [3.8, 4) is 0 Å². The lowest BCUT2D eigenvalue weighted by Crippen LogP contribution is -2.08. The standard InChI is InChI=1S/C17H14N2O3/c18-15-10-14(11-5-2-1-3-6-11)17(20)16(15)12-7-4-8-13(9-12)19(21)22/h1-9,14H,10,18H2. The largest absolute Gasteiger partial charge is 0.401 e. The third kappa shape index (κ3) is 2.37. The highest BCUT2D eigenvalue weighted by Gasteiger charge is 2.34. The zero-order valence-electron chi connectivity index (χ0n) is 11.7. The van der Waals surface area contributed by atoms with Gasteiger partial charge in [-0.15, -0.1) is 0 Å². The average molecular weight is 294 g/mol. The molecule has 2 aromatic rings. The SMILES string of the molecule is NC1=C(c2cccc([N+](=O)[O-])c2)C(=O)C(c2ccccc2)C1. The van der Waals surface area contributed by atoms with E-state index in [-0.39, 0.29) is 17.4 Å². The number of hydrogen-bond acceptors (Lipinski definition) is 4. The maximum atomic E-state index is 12.7. The van der Waals surface area contributed by atoms with E-state index in [9.17, 15) is 14.9 Å². The summed E-state index contributed by atoms with van der Waals surface area (Å²) in [7, 11) is 0. The maximum Gasteiger partial charge on any atom is 0.270 e. The maximum absolute atomic E-state index is 12.7. The van der Waals surface area contributed by atoms with E-state index in [1.807, 2.05) is 30.3 Å². The van der Waals surface area contributed by atoms with Gasteiger partial charge in [-0.05, 0) is 11.1 Å². The van der Waals surface area contributed by atoms with Crippen molar-refractivity contribution in [3.63, 3.8) is 0 Å². The van der Waals surface area contributed by atoms with Crippen LogP contribution >= 0.6 is 0 Å². The summed E-state index contributed by atoms with van der Waals surface area (Å²) in [6.07, 6.45) is 0.445. The fourth-order valence-corrected chi connectivity index (χ4v) is 2.80. The Morgan fingerprint density at radius 2 is 1.82 bits per heavy atom. The lowest BCUT2D eigenvalue weighted by molar-refractivity contribution is -0.384. The van der Waals surface area contributed by atoms with Gasteiger partial charge >= 0.3 is 0 Å². The van der Waals surface area contributed by atoms with Crippen molar-refractivity contribution in [1.82, 2.24) is 0 Å². The van der Waals surface area contributed by atoms with Crippen molar-refractivity contribution in [2.24, 2.45) is 5.73 Å². The molecule has 0 radical (unpaired) electrons. The summed E-state index contributed by atoms with van der Waals surface area (Å²) >= 11 is 0. The number of nitrogens with two attached hydrogens (primary N) is 1. The van der Waals surface area contributed by atoms with Crippen molar-refractivity contribution < 1.29 is 9.72 Å². The number of carbonyl (C=O) groups is 1. The molecule has 0 bridgehead atoms. The molecule has 0 amide bonds. The summed E-state index contributed by atoms with van der Waals surface area (Å²) in [5, 5.41) is 10.9. The first-order valence-corrected chi connectivity index (χ1v) is 6.90. The van der Waals surface area contributed by atoms with Crippen LogP contribution in [0.15, 0.2) is 60.3 Å². The molecule has 0 fully saturated rings. The van der Waals surface area contributed by atoms with Crippen molar-refractivity contribution >= 4 is 17.0 Å². The van der Waals surface area contributed by atoms with E-state index in [1.54, 1.807) is 12.1 Å². The summed E-state index contributed by atoms with van der Waals surface area (Å²) in [5.41, 5.74) is 8.31. The summed E-state index contributed by atoms with van der Waals surface area (Å²) in [4.78, 5) is 23.1. The lowest BCUT2D eigenvalue weighted by atomic mass is 9.93. The molecule has 0 aliphatic heterocycles. The molecule has 110 valence electrons. The minimum atomic E-state index is -0.478. The van der Waals surface area contributed by atoms with Crippen LogP contribution in [0.2, 0.25) is 0 Å². The molecule has 0 spiro atoms. The van der Waals surface area contributed by atoms with Gasteiger partial charge in [0.1, 0.15) is 0 Å². The van der Waals surface area contributed by atoms with E-state index in [4.69, 9.17) is 5.73 Å². The molecule has 3 rings (SSSR count). The second-order valence-corrected chi connectivity index (χ2v) is 5.24. The minimum Gasteiger partial charge on any atom is -0.401 e. The molecular formula is C17H14N2O3. The quantitative estimate of drug-likeness (QED) is 0.696. The number of nitro benzene ring substituents is 1. The topological polar surface area (TPSA) is 86.2 Å². The average Bonchev–Trinajstić information content (AvgIpc) is 2.83. The number of allylic oxidation sites excluding steroid dienone is 2. The summed E-state index contributed by atoms with van der Waals surface area (Å²) in [5.74, 6) is -0.389. The molecule has 1 atom stereocenters. The molecular weight excluding hydrogens is 280 g/mol.